The van der Waals surface area contributed by atoms with Gasteiger partial charge >= 0.3 is 0 Å². The molecular weight excluding hydrogens is 547 g/mol. The fraction of sp³-hybridized carbons (Fsp3) is 1.00. The van der Waals surface area contributed by atoms with Crippen LogP contribution in [0.5, 0.6) is 0 Å². The van der Waals surface area contributed by atoms with Crippen molar-refractivity contribution < 1.29 is 26.8 Å². The first kappa shape index (κ1) is 42.9. The van der Waals surface area contributed by atoms with E-state index in [4.69, 9.17) is 0 Å². The monoisotopic (exact) mass is 622 g/mol. The van der Waals surface area contributed by atoms with Crippen molar-refractivity contribution in [2.75, 3.05) is 12.3 Å². The van der Waals surface area contributed by atoms with Gasteiger partial charge in [0.25, 0.3) is 0 Å². The van der Waals surface area contributed by atoms with Crippen molar-refractivity contribution in [3.05, 3.63) is 0 Å². The summed E-state index contributed by atoms with van der Waals surface area (Å²) in [6, 6.07) is 0. The van der Waals surface area contributed by atoms with Crippen LogP contribution in [-0.4, -0.2) is 17.2 Å². The predicted molar refractivity (Wildman–Crippen MR) is 179 cm³/mol. The summed E-state index contributed by atoms with van der Waals surface area (Å²) in [6.45, 7) is 4.58. The predicted octanol–water partition coefficient (Wildman–Crippen LogP) is 13.8. The van der Waals surface area contributed by atoms with Crippen LogP contribution in [0.4, 0.5) is 0 Å². The van der Waals surface area contributed by atoms with Crippen molar-refractivity contribution in [2.24, 2.45) is 0 Å². The van der Waals surface area contributed by atoms with Gasteiger partial charge in [0.05, 0.1) is 0 Å². The molecule has 0 saturated carbocycles. The van der Waals surface area contributed by atoms with E-state index in [1.54, 1.807) is 0 Å². The molecule has 242 valence electrons. The van der Waals surface area contributed by atoms with Crippen LogP contribution >= 0.6 is 7.37 Å². The summed E-state index contributed by atoms with van der Waals surface area (Å²) in [5.74, 6) is 0. The Morgan fingerprint density at radius 2 is 0.475 bits per heavy atom. The number of unbranched alkanes of at least 4 members (excludes halogenated alkanes) is 30. The molecule has 0 saturated heterocycles. The maximum Gasteiger partial charge on any atom is 0.200 e. The molecule has 0 aliphatic carbocycles. The zero-order valence-corrected chi connectivity index (χ0v) is 29.9. The van der Waals surface area contributed by atoms with Gasteiger partial charge in [0.2, 0.25) is 7.37 Å². The van der Waals surface area contributed by atoms with E-state index in [1.165, 1.54) is 180 Å². The molecule has 4 heteroatoms. The van der Waals surface area contributed by atoms with Gasteiger partial charge in [0.1, 0.15) is 0 Å². The van der Waals surface area contributed by atoms with Crippen molar-refractivity contribution >= 4 is 7.37 Å². The quantitative estimate of drug-likeness (QED) is 0.0572. The van der Waals surface area contributed by atoms with Crippen molar-refractivity contribution in [2.45, 2.75) is 219 Å². The molecule has 0 aromatic carbocycles. The fourth-order valence-electron chi connectivity index (χ4n) is 5.93. The second kappa shape index (κ2) is 35.9. The molecule has 2 nitrogen and oxygen atoms in total. The summed E-state index contributed by atoms with van der Waals surface area (Å²) >= 11 is 0. The third-order valence-corrected chi connectivity index (χ3v) is 10.8. The van der Waals surface area contributed by atoms with Gasteiger partial charge < -0.3 is 4.89 Å². The smallest absolute Gasteiger partial charge is 0.200 e. The fourth-order valence-corrected chi connectivity index (χ4v) is 7.58. The summed E-state index contributed by atoms with van der Waals surface area (Å²) in [4.78, 5) is 10.3. The largest absolute Gasteiger partial charge is 0.344 e. The summed E-state index contributed by atoms with van der Waals surface area (Å²) in [5, 5.41) is 0. The summed E-state index contributed by atoms with van der Waals surface area (Å²) in [7, 11) is -2.87. The van der Waals surface area contributed by atoms with E-state index in [0.29, 0.717) is 12.3 Å². The molecule has 0 aromatic rings. The van der Waals surface area contributed by atoms with Crippen molar-refractivity contribution in [3.63, 3.8) is 0 Å². The van der Waals surface area contributed by atoms with Gasteiger partial charge in [-0.3, -0.25) is 4.57 Å². The van der Waals surface area contributed by atoms with Gasteiger partial charge in [-0.05, 0) is 12.8 Å². The van der Waals surface area contributed by atoms with Crippen molar-refractivity contribution in [1.29, 1.82) is 0 Å². The molecule has 0 aliphatic rings. The van der Waals surface area contributed by atoms with Gasteiger partial charge in [-0.1, -0.05) is 206 Å². The Bertz CT molecular complexity index is 459. The Morgan fingerprint density at radius 1 is 0.325 bits per heavy atom. The topological polar surface area (TPSA) is 37.3 Å². The van der Waals surface area contributed by atoms with Crippen molar-refractivity contribution in [1.82, 2.24) is 0 Å². The van der Waals surface area contributed by atoms with Crippen LogP contribution in [0.2, 0.25) is 0 Å². The van der Waals surface area contributed by atoms with E-state index in [0.717, 1.165) is 25.7 Å². The second-order valence-corrected chi connectivity index (χ2v) is 15.5. The maximum absolute atomic E-state index is 12.5. The normalized spacial score (nSPS) is 11.7. The third-order valence-electron chi connectivity index (χ3n) is 8.72. The van der Waals surface area contributed by atoms with Gasteiger partial charge in [0.15, 0.2) is 0 Å². The minimum Gasteiger partial charge on any atom is -0.344 e. The van der Waals surface area contributed by atoms with Gasteiger partial charge in [-0.25, -0.2) is 0 Å². The van der Waals surface area contributed by atoms with Crippen LogP contribution in [0.3, 0.4) is 0 Å². The first-order chi connectivity index (χ1) is 19.1. The standard InChI is InChI=1S/C36H75O2P.Cr/c1-3-5-7-9-11-13-15-17-19-21-23-25-27-29-31-33-35-39(37,38)36-34-32-30-28-26-24-22-20-18-16-14-12-10-8-6-4-2;/h3-36H2,1-2H3,(H,37,38);. The molecule has 0 heterocycles. The molecular formula is C36H75CrO2P. The van der Waals surface area contributed by atoms with Crippen molar-refractivity contribution in [3.8, 4) is 0 Å². The van der Waals surface area contributed by atoms with Crippen LogP contribution in [0.25, 0.3) is 0 Å². The Hall–Kier alpha value is 0.722. The summed E-state index contributed by atoms with van der Waals surface area (Å²) in [5.41, 5.74) is 0. The number of hydrogen-bond acceptors (Lipinski definition) is 1. The van der Waals surface area contributed by atoms with Gasteiger partial charge in [-0.2, -0.15) is 0 Å². The Labute approximate surface area is 265 Å². The number of rotatable bonds is 34. The molecule has 0 radical (unpaired) electrons. The molecule has 1 N–H and O–H groups in total. The summed E-state index contributed by atoms with van der Waals surface area (Å²) in [6.07, 6.45) is 44.3. The molecule has 0 bridgehead atoms. The Balaban J connectivity index is 0. The van der Waals surface area contributed by atoms with E-state index >= 15 is 0 Å². The van der Waals surface area contributed by atoms with E-state index in [-0.39, 0.29) is 17.4 Å². The molecule has 40 heavy (non-hydrogen) atoms. The van der Waals surface area contributed by atoms with Gasteiger partial charge in [-0.15, -0.1) is 0 Å². The molecule has 0 amide bonds. The van der Waals surface area contributed by atoms with Gasteiger partial charge in [0, 0.05) is 29.7 Å². The minimum atomic E-state index is -2.87. The number of hydrogen-bond donors (Lipinski definition) is 1. The zero-order chi connectivity index (χ0) is 28.5. The SMILES string of the molecule is CCCCCCCCCCCCCCCCCCP(=O)(O)CCCCCCCCCCCCCCCCCC.[Cr]. The van der Waals surface area contributed by atoms with Crippen LogP contribution in [0, 0.1) is 0 Å². The van der Waals surface area contributed by atoms with Crippen LogP contribution < -0.4 is 0 Å². The molecule has 0 atom stereocenters. The Morgan fingerprint density at radius 3 is 0.650 bits per heavy atom. The average molecular weight is 623 g/mol. The minimum absolute atomic E-state index is 0. The third kappa shape index (κ3) is 36.7. The molecule has 0 rings (SSSR count). The maximum atomic E-state index is 12.5. The average Bonchev–Trinajstić information content (AvgIpc) is 2.92. The molecule has 0 aromatic heterocycles. The summed E-state index contributed by atoms with van der Waals surface area (Å²) < 4.78 is 12.5. The van der Waals surface area contributed by atoms with E-state index in [9.17, 15) is 9.46 Å². The molecule has 0 spiro atoms. The van der Waals surface area contributed by atoms with E-state index in [2.05, 4.69) is 13.8 Å². The first-order valence-electron chi connectivity index (χ1n) is 18.4. The van der Waals surface area contributed by atoms with E-state index < -0.39 is 7.37 Å². The Kier molecular flexibility index (Phi) is 38.5. The molecule has 0 unspecified atom stereocenters. The second-order valence-electron chi connectivity index (χ2n) is 12.9. The molecule has 0 aliphatic heterocycles. The van der Waals surface area contributed by atoms with Crippen LogP contribution in [0.1, 0.15) is 219 Å². The van der Waals surface area contributed by atoms with E-state index in [1.807, 2.05) is 0 Å². The molecule has 0 fully saturated rings. The first-order valence-corrected chi connectivity index (χ1v) is 20.5. The van der Waals surface area contributed by atoms with Crippen LogP contribution in [0.15, 0.2) is 0 Å². The zero-order valence-electron chi connectivity index (χ0n) is 27.8. The van der Waals surface area contributed by atoms with Crippen LogP contribution in [-0.2, 0) is 21.9 Å².